The van der Waals surface area contributed by atoms with Crippen molar-refractivity contribution in [3.63, 3.8) is 0 Å². The van der Waals surface area contributed by atoms with Crippen LogP contribution in [-0.4, -0.2) is 39.5 Å². The Bertz CT molecular complexity index is 498. The van der Waals surface area contributed by atoms with Crippen molar-refractivity contribution in [3.05, 3.63) is 29.8 Å². The van der Waals surface area contributed by atoms with Crippen LogP contribution in [0.5, 0.6) is 5.75 Å². The molecular formula is C13H17N3O3. The van der Waals surface area contributed by atoms with E-state index in [-0.39, 0.29) is 29.1 Å². The molecule has 1 aromatic rings. The second-order valence-electron chi connectivity index (χ2n) is 4.59. The molecule has 0 spiro atoms. The Morgan fingerprint density at radius 3 is 2.68 bits per heavy atom. The third-order valence-corrected chi connectivity index (χ3v) is 3.12. The maximum atomic E-state index is 12.4. The minimum atomic E-state index is -0.216. The lowest BCUT2D eigenvalue weighted by atomic mass is 10.1. The summed E-state index contributed by atoms with van der Waals surface area (Å²) < 4.78 is 0. The molecule has 0 bridgehead atoms. The standard InChI is InChI=1S/C13H17N3O3/c14-12(15-19)7-8-16(9-5-6-9)13(18)10-3-1-2-4-11(10)17/h1-4,9,17,19H,5-8H2,(H2,14,15). The molecule has 0 aliphatic heterocycles. The zero-order valence-electron chi connectivity index (χ0n) is 10.5. The van der Waals surface area contributed by atoms with Gasteiger partial charge in [-0.05, 0) is 25.0 Å². The van der Waals surface area contributed by atoms with Crippen molar-refractivity contribution >= 4 is 11.7 Å². The summed E-state index contributed by atoms with van der Waals surface area (Å²) in [5, 5.41) is 21.1. The van der Waals surface area contributed by atoms with Crippen LogP contribution in [0, 0.1) is 0 Å². The highest BCUT2D eigenvalue weighted by molar-refractivity contribution is 5.97. The van der Waals surface area contributed by atoms with Crippen molar-refractivity contribution in [1.82, 2.24) is 4.90 Å². The summed E-state index contributed by atoms with van der Waals surface area (Å²) in [6, 6.07) is 6.66. The molecule has 0 unspecified atom stereocenters. The Hall–Kier alpha value is -2.24. The number of hydrogen-bond donors (Lipinski definition) is 3. The fourth-order valence-electron chi connectivity index (χ4n) is 1.93. The second kappa shape index (κ2) is 5.60. The number of benzene rings is 1. The van der Waals surface area contributed by atoms with Crippen LogP contribution in [0.3, 0.4) is 0 Å². The van der Waals surface area contributed by atoms with E-state index in [1.807, 2.05) is 0 Å². The number of para-hydroxylation sites is 1. The van der Waals surface area contributed by atoms with E-state index in [9.17, 15) is 9.90 Å². The molecular weight excluding hydrogens is 246 g/mol. The topological polar surface area (TPSA) is 99.2 Å². The molecule has 0 radical (unpaired) electrons. The maximum Gasteiger partial charge on any atom is 0.257 e. The second-order valence-corrected chi connectivity index (χ2v) is 4.59. The Labute approximate surface area is 111 Å². The summed E-state index contributed by atoms with van der Waals surface area (Å²) in [4.78, 5) is 14.0. The molecule has 19 heavy (non-hydrogen) atoms. The zero-order valence-corrected chi connectivity index (χ0v) is 10.5. The normalized spacial score (nSPS) is 15.3. The van der Waals surface area contributed by atoms with E-state index in [2.05, 4.69) is 5.16 Å². The Kier molecular flexibility index (Phi) is 3.89. The van der Waals surface area contributed by atoms with Gasteiger partial charge >= 0.3 is 0 Å². The number of carbonyl (C=O) groups is 1. The van der Waals surface area contributed by atoms with E-state index in [4.69, 9.17) is 10.9 Å². The maximum absolute atomic E-state index is 12.4. The van der Waals surface area contributed by atoms with E-state index in [0.717, 1.165) is 12.8 Å². The number of nitrogens with two attached hydrogens (primary N) is 1. The number of amides is 1. The lowest BCUT2D eigenvalue weighted by molar-refractivity contribution is 0.0744. The molecule has 2 rings (SSSR count). The Morgan fingerprint density at radius 1 is 1.42 bits per heavy atom. The third kappa shape index (κ3) is 3.15. The van der Waals surface area contributed by atoms with E-state index in [0.29, 0.717) is 13.0 Å². The third-order valence-electron chi connectivity index (χ3n) is 3.12. The average Bonchev–Trinajstić information content (AvgIpc) is 3.23. The summed E-state index contributed by atoms with van der Waals surface area (Å²) in [6.45, 7) is 0.383. The van der Waals surface area contributed by atoms with Crippen molar-refractivity contribution in [1.29, 1.82) is 0 Å². The smallest absolute Gasteiger partial charge is 0.257 e. The van der Waals surface area contributed by atoms with Gasteiger partial charge in [0.1, 0.15) is 11.6 Å². The number of aromatic hydroxyl groups is 1. The molecule has 102 valence electrons. The predicted molar refractivity (Wildman–Crippen MR) is 70.2 cm³/mol. The summed E-state index contributed by atoms with van der Waals surface area (Å²) >= 11 is 0. The van der Waals surface area contributed by atoms with Crippen LogP contribution in [0.4, 0.5) is 0 Å². The number of nitrogens with zero attached hydrogens (tertiary/aromatic N) is 2. The van der Waals surface area contributed by atoms with Crippen LogP contribution in [0.15, 0.2) is 29.4 Å². The van der Waals surface area contributed by atoms with Gasteiger partial charge in [0.15, 0.2) is 0 Å². The number of phenolic OH excluding ortho intramolecular Hbond substituents is 1. The first-order valence-electron chi connectivity index (χ1n) is 6.19. The molecule has 6 nitrogen and oxygen atoms in total. The van der Waals surface area contributed by atoms with E-state index in [1.165, 1.54) is 6.07 Å². The van der Waals surface area contributed by atoms with Crippen molar-refractivity contribution in [2.24, 2.45) is 10.9 Å². The van der Waals surface area contributed by atoms with Crippen molar-refractivity contribution in [2.75, 3.05) is 6.54 Å². The number of rotatable bonds is 5. The van der Waals surface area contributed by atoms with E-state index in [1.54, 1.807) is 23.1 Å². The predicted octanol–water partition coefficient (Wildman–Crippen LogP) is 1.13. The largest absolute Gasteiger partial charge is 0.507 e. The lowest BCUT2D eigenvalue weighted by Gasteiger charge is -2.22. The van der Waals surface area contributed by atoms with Crippen LogP contribution >= 0.6 is 0 Å². The molecule has 1 aliphatic rings. The summed E-state index contributed by atoms with van der Waals surface area (Å²) in [6.07, 6.45) is 2.22. The average molecular weight is 263 g/mol. The Balaban J connectivity index is 2.11. The van der Waals surface area contributed by atoms with Crippen molar-refractivity contribution in [3.8, 4) is 5.75 Å². The molecule has 0 atom stereocenters. The van der Waals surface area contributed by atoms with Crippen LogP contribution in [-0.2, 0) is 0 Å². The quantitative estimate of drug-likeness (QED) is 0.321. The highest BCUT2D eigenvalue weighted by atomic mass is 16.4. The molecule has 4 N–H and O–H groups in total. The van der Waals surface area contributed by atoms with Gasteiger partial charge in [-0.3, -0.25) is 4.79 Å². The van der Waals surface area contributed by atoms with E-state index >= 15 is 0 Å². The number of carbonyl (C=O) groups excluding carboxylic acids is 1. The zero-order chi connectivity index (χ0) is 13.8. The molecule has 0 heterocycles. The highest BCUT2D eigenvalue weighted by Gasteiger charge is 2.33. The van der Waals surface area contributed by atoms with Crippen LogP contribution in [0.2, 0.25) is 0 Å². The molecule has 1 fully saturated rings. The first-order valence-corrected chi connectivity index (χ1v) is 6.19. The molecule has 1 aromatic carbocycles. The van der Waals surface area contributed by atoms with Gasteiger partial charge in [0.2, 0.25) is 0 Å². The molecule has 0 aromatic heterocycles. The van der Waals surface area contributed by atoms with Crippen LogP contribution in [0.1, 0.15) is 29.6 Å². The van der Waals surface area contributed by atoms with Gasteiger partial charge in [-0.1, -0.05) is 17.3 Å². The first kappa shape index (κ1) is 13.2. The van der Waals surface area contributed by atoms with Crippen LogP contribution < -0.4 is 5.73 Å². The number of hydrogen-bond acceptors (Lipinski definition) is 4. The number of amidine groups is 1. The van der Waals surface area contributed by atoms with Gasteiger partial charge in [0, 0.05) is 19.0 Å². The fraction of sp³-hybridized carbons (Fsp3) is 0.385. The Morgan fingerprint density at radius 2 is 2.11 bits per heavy atom. The van der Waals surface area contributed by atoms with Crippen molar-refractivity contribution < 1.29 is 15.1 Å². The minimum absolute atomic E-state index is 0.0260. The van der Waals surface area contributed by atoms with Gasteiger partial charge in [-0.25, -0.2) is 0 Å². The fourth-order valence-corrected chi connectivity index (χ4v) is 1.93. The minimum Gasteiger partial charge on any atom is -0.507 e. The highest BCUT2D eigenvalue weighted by Crippen LogP contribution is 2.30. The van der Waals surface area contributed by atoms with Gasteiger partial charge in [0.05, 0.1) is 5.56 Å². The first-order chi connectivity index (χ1) is 9.13. The van der Waals surface area contributed by atoms with Gasteiger partial charge < -0.3 is 20.9 Å². The van der Waals surface area contributed by atoms with Crippen LogP contribution in [0.25, 0.3) is 0 Å². The molecule has 0 saturated heterocycles. The summed E-state index contributed by atoms with van der Waals surface area (Å²) in [5.41, 5.74) is 5.71. The molecule has 1 amide bonds. The summed E-state index contributed by atoms with van der Waals surface area (Å²) in [5.74, 6) is -0.149. The molecule has 1 aliphatic carbocycles. The van der Waals surface area contributed by atoms with Gasteiger partial charge in [0.25, 0.3) is 5.91 Å². The summed E-state index contributed by atoms with van der Waals surface area (Å²) in [7, 11) is 0. The number of phenols is 1. The van der Waals surface area contributed by atoms with Crippen molar-refractivity contribution in [2.45, 2.75) is 25.3 Å². The number of oxime groups is 1. The SMILES string of the molecule is NC(CCN(C(=O)c1ccccc1O)C1CC1)=NO. The molecule has 1 saturated carbocycles. The molecule has 6 heteroatoms. The van der Waals surface area contributed by atoms with Gasteiger partial charge in [-0.15, -0.1) is 0 Å². The van der Waals surface area contributed by atoms with Gasteiger partial charge in [-0.2, -0.15) is 0 Å². The lowest BCUT2D eigenvalue weighted by Crippen LogP contribution is -2.36. The monoisotopic (exact) mass is 263 g/mol. The van der Waals surface area contributed by atoms with E-state index < -0.39 is 0 Å².